The van der Waals surface area contributed by atoms with E-state index in [1.165, 1.54) is 0 Å². The van der Waals surface area contributed by atoms with Crippen LogP contribution in [0.5, 0.6) is 11.6 Å². The number of rotatable bonds is 3. The lowest BCUT2D eigenvalue weighted by Gasteiger charge is -2.39. The maximum atomic E-state index is 11.4. The van der Waals surface area contributed by atoms with E-state index >= 15 is 0 Å². The third kappa shape index (κ3) is 2.91. The van der Waals surface area contributed by atoms with Gasteiger partial charge in [-0.25, -0.2) is 4.98 Å². The van der Waals surface area contributed by atoms with Crippen LogP contribution in [0.2, 0.25) is 0 Å². The van der Waals surface area contributed by atoms with Gasteiger partial charge in [-0.1, -0.05) is 0 Å². The summed E-state index contributed by atoms with van der Waals surface area (Å²) in [6.45, 7) is 0.802. The fraction of sp³-hybridized carbons (Fsp3) is 0.526. The number of pyridine rings is 2. The molecule has 0 spiro atoms. The predicted molar refractivity (Wildman–Crippen MR) is 98.4 cm³/mol. The minimum absolute atomic E-state index is 0.0100. The number of hydrogen-bond acceptors (Lipinski definition) is 6. The van der Waals surface area contributed by atoms with Gasteiger partial charge in [0.2, 0.25) is 11.8 Å². The number of carbonyl (C=O) groups is 1. The molecule has 1 atom stereocenters. The van der Waals surface area contributed by atoms with E-state index in [2.05, 4.69) is 21.9 Å². The summed E-state index contributed by atoms with van der Waals surface area (Å²) in [5.41, 5.74) is 7.92. The van der Waals surface area contributed by atoms with Crippen molar-refractivity contribution in [3.05, 3.63) is 18.3 Å². The van der Waals surface area contributed by atoms with Crippen LogP contribution in [0.15, 0.2) is 18.3 Å². The number of aromatic nitrogens is 2. The normalized spacial score (nSPS) is 25.5. The molecule has 2 aromatic heterocycles. The van der Waals surface area contributed by atoms with Crippen LogP contribution in [-0.2, 0) is 4.79 Å². The summed E-state index contributed by atoms with van der Waals surface area (Å²) in [7, 11) is 3.65. The van der Waals surface area contributed by atoms with Crippen molar-refractivity contribution in [3.63, 3.8) is 0 Å². The molecule has 0 radical (unpaired) electrons. The number of methoxy groups -OCH3 is 1. The van der Waals surface area contributed by atoms with Crippen LogP contribution in [0.1, 0.15) is 25.7 Å². The van der Waals surface area contributed by atoms with Crippen LogP contribution in [0.4, 0.5) is 5.69 Å². The Balaban J connectivity index is 1.63. The topological polar surface area (TPSA) is 90.6 Å². The van der Waals surface area contributed by atoms with Crippen LogP contribution >= 0.6 is 0 Å². The van der Waals surface area contributed by atoms with Gasteiger partial charge in [0.15, 0.2) is 5.75 Å². The zero-order chi connectivity index (χ0) is 18.3. The van der Waals surface area contributed by atoms with E-state index in [1.54, 1.807) is 13.2 Å². The van der Waals surface area contributed by atoms with E-state index in [0.717, 1.165) is 54.7 Å². The Hall–Kier alpha value is -2.57. The highest BCUT2D eigenvalue weighted by Gasteiger charge is 2.35. The monoisotopic (exact) mass is 356 g/mol. The summed E-state index contributed by atoms with van der Waals surface area (Å²) in [5.74, 6) is 1.56. The molecule has 26 heavy (non-hydrogen) atoms. The van der Waals surface area contributed by atoms with E-state index in [1.807, 2.05) is 12.3 Å². The van der Waals surface area contributed by atoms with Crippen molar-refractivity contribution >= 4 is 22.6 Å². The number of fused-ring (bicyclic) bond motifs is 3. The lowest BCUT2D eigenvalue weighted by atomic mass is 9.78. The van der Waals surface area contributed by atoms with Crippen LogP contribution in [0.3, 0.4) is 0 Å². The van der Waals surface area contributed by atoms with Crippen LogP contribution < -0.4 is 20.1 Å². The van der Waals surface area contributed by atoms with Gasteiger partial charge in [0, 0.05) is 19.0 Å². The average molecular weight is 356 g/mol. The highest BCUT2D eigenvalue weighted by atomic mass is 16.5. The van der Waals surface area contributed by atoms with Crippen molar-refractivity contribution in [3.8, 4) is 11.6 Å². The summed E-state index contributed by atoms with van der Waals surface area (Å²) < 4.78 is 11.7. The SMILES string of the molecule is COc1ccc2ncc3c(c2n1)OC(C1CCC(C(N)=O)CC1)CN3C. The van der Waals surface area contributed by atoms with E-state index in [-0.39, 0.29) is 17.9 Å². The molecule has 1 aliphatic carbocycles. The van der Waals surface area contributed by atoms with Gasteiger partial charge in [-0.3, -0.25) is 9.78 Å². The highest BCUT2D eigenvalue weighted by Crippen LogP contribution is 2.41. The molecule has 1 amide bonds. The van der Waals surface area contributed by atoms with Gasteiger partial charge in [0.25, 0.3) is 0 Å². The predicted octanol–water partition coefficient (Wildman–Crippen LogP) is 2.13. The minimum atomic E-state index is -0.177. The number of anilines is 1. The minimum Gasteiger partial charge on any atom is -0.484 e. The molecule has 1 aliphatic heterocycles. The largest absolute Gasteiger partial charge is 0.484 e. The molecule has 0 bridgehead atoms. The number of ether oxygens (including phenoxy) is 2. The van der Waals surface area contributed by atoms with Crippen molar-refractivity contribution in [2.75, 3.05) is 25.6 Å². The molecule has 4 rings (SSSR count). The van der Waals surface area contributed by atoms with Gasteiger partial charge in [-0.15, -0.1) is 0 Å². The molecule has 2 aromatic rings. The fourth-order valence-electron chi connectivity index (χ4n) is 4.10. The van der Waals surface area contributed by atoms with Crippen molar-refractivity contribution in [1.29, 1.82) is 0 Å². The second-order valence-corrected chi connectivity index (χ2v) is 7.24. The van der Waals surface area contributed by atoms with E-state index in [0.29, 0.717) is 11.8 Å². The summed E-state index contributed by atoms with van der Waals surface area (Å²) >= 11 is 0. The molecule has 2 aliphatic rings. The first-order valence-corrected chi connectivity index (χ1v) is 9.07. The Morgan fingerprint density at radius 3 is 2.77 bits per heavy atom. The summed E-state index contributed by atoms with van der Waals surface area (Å²) in [5, 5.41) is 0. The van der Waals surface area contributed by atoms with E-state index < -0.39 is 0 Å². The van der Waals surface area contributed by atoms with E-state index in [4.69, 9.17) is 15.2 Å². The molecule has 1 unspecified atom stereocenters. The number of primary amides is 1. The first-order chi connectivity index (χ1) is 12.6. The Morgan fingerprint density at radius 2 is 2.08 bits per heavy atom. The van der Waals surface area contributed by atoms with Gasteiger partial charge >= 0.3 is 0 Å². The molecule has 138 valence electrons. The average Bonchev–Trinajstić information content (AvgIpc) is 2.67. The maximum absolute atomic E-state index is 11.4. The van der Waals surface area contributed by atoms with Crippen molar-refractivity contribution in [2.24, 2.45) is 17.6 Å². The highest BCUT2D eigenvalue weighted by molar-refractivity contribution is 5.87. The Labute approximate surface area is 152 Å². The van der Waals surface area contributed by atoms with Gasteiger partial charge in [0.05, 0.1) is 25.4 Å². The summed E-state index contributed by atoms with van der Waals surface area (Å²) in [4.78, 5) is 22.6. The molecule has 1 saturated carbocycles. The van der Waals surface area contributed by atoms with E-state index in [9.17, 15) is 4.79 Å². The smallest absolute Gasteiger partial charge is 0.220 e. The zero-order valence-corrected chi connectivity index (χ0v) is 15.1. The fourth-order valence-corrected chi connectivity index (χ4v) is 4.10. The zero-order valence-electron chi connectivity index (χ0n) is 15.1. The molecule has 3 heterocycles. The first kappa shape index (κ1) is 16.9. The van der Waals surface area contributed by atoms with Crippen LogP contribution in [0, 0.1) is 11.8 Å². The molecule has 2 N–H and O–H groups in total. The number of nitrogens with two attached hydrogens (primary N) is 1. The Kier molecular flexibility index (Phi) is 4.30. The van der Waals surface area contributed by atoms with Gasteiger partial charge in [0.1, 0.15) is 17.3 Å². The van der Waals surface area contributed by atoms with Crippen molar-refractivity contribution in [1.82, 2.24) is 9.97 Å². The summed E-state index contributed by atoms with van der Waals surface area (Å²) in [6, 6.07) is 3.70. The third-order valence-electron chi connectivity index (χ3n) is 5.67. The Morgan fingerprint density at radius 1 is 1.31 bits per heavy atom. The molecule has 7 heteroatoms. The quantitative estimate of drug-likeness (QED) is 0.906. The number of likely N-dealkylation sites (N-methyl/N-ethyl adjacent to an activating group) is 1. The molecule has 0 aromatic carbocycles. The van der Waals surface area contributed by atoms with Gasteiger partial charge < -0.3 is 20.1 Å². The number of carbonyl (C=O) groups excluding carboxylic acids is 1. The number of hydrogen-bond donors (Lipinski definition) is 1. The van der Waals surface area contributed by atoms with Crippen molar-refractivity contribution < 1.29 is 14.3 Å². The first-order valence-electron chi connectivity index (χ1n) is 9.07. The lowest BCUT2D eigenvalue weighted by molar-refractivity contribution is -0.123. The second kappa shape index (κ2) is 6.63. The van der Waals surface area contributed by atoms with Crippen LogP contribution in [0.25, 0.3) is 11.0 Å². The van der Waals surface area contributed by atoms with Crippen LogP contribution in [-0.4, -0.2) is 42.7 Å². The third-order valence-corrected chi connectivity index (χ3v) is 5.67. The standard InChI is InChI=1S/C19H24N4O3/c1-23-10-15(11-3-5-12(6-4-11)19(20)24)26-18-14(23)9-21-13-7-8-16(25-2)22-17(13)18/h7-9,11-12,15H,3-6,10H2,1-2H3,(H2,20,24). The Bertz CT molecular complexity index is 833. The number of amides is 1. The lowest BCUT2D eigenvalue weighted by Crippen LogP contribution is -2.44. The molecule has 0 saturated heterocycles. The second-order valence-electron chi connectivity index (χ2n) is 7.24. The molecular formula is C19H24N4O3. The van der Waals surface area contributed by atoms with Crippen molar-refractivity contribution in [2.45, 2.75) is 31.8 Å². The maximum Gasteiger partial charge on any atom is 0.220 e. The molecule has 1 fully saturated rings. The number of nitrogens with zero attached hydrogens (tertiary/aromatic N) is 3. The van der Waals surface area contributed by atoms with Gasteiger partial charge in [-0.05, 0) is 37.7 Å². The summed E-state index contributed by atoms with van der Waals surface area (Å²) in [6.07, 6.45) is 5.52. The van der Waals surface area contributed by atoms with Gasteiger partial charge in [-0.2, -0.15) is 0 Å². The molecular weight excluding hydrogens is 332 g/mol. The molecule has 7 nitrogen and oxygen atoms in total.